The first kappa shape index (κ1) is 40.7. The van der Waals surface area contributed by atoms with Gasteiger partial charge in [-0.15, -0.1) is 0 Å². The number of nitrogen functional groups attached to an aromatic ring is 1. The molecule has 0 bridgehead atoms. The Kier molecular flexibility index (Phi) is 12.3. The van der Waals surface area contributed by atoms with E-state index in [1.54, 1.807) is 54.6 Å². The summed E-state index contributed by atoms with van der Waals surface area (Å²) in [5.74, 6) is 1.72. The summed E-state index contributed by atoms with van der Waals surface area (Å²) in [6.45, 7) is 0. The van der Waals surface area contributed by atoms with Gasteiger partial charge in [0.05, 0.1) is 40.2 Å². The number of H-pyrrole nitrogens is 1. The highest BCUT2D eigenvalue weighted by atomic mass is 35.5. The summed E-state index contributed by atoms with van der Waals surface area (Å²) in [5.41, 5.74) is 14.2. The lowest BCUT2D eigenvalue weighted by Crippen LogP contribution is -2.15. The number of rotatable bonds is 11. The second-order valence-corrected chi connectivity index (χ2v) is 15.2. The van der Waals surface area contributed by atoms with Crippen LogP contribution in [0.4, 0.5) is 20.2 Å². The van der Waals surface area contributed by atoms with Crippen molar-refractivity contribution in [2.24, 2.45) is 0 Å². The van der Waals surface area contributed by atoms with Gasteiger partial charge >= 0.3 is 0 Å². The number of hydrogen-bond donors (Lipinski definition) is 3. The standard InChI is InChI=1S/C24H20ClFN4O.C24H18ClFN4/c25-17-7-11-20(12-8-17)30-15-19(14-24(31)29-22-4-2-1-3-21(22)27)28-23(30)13-16-5-9-18(26)10-6-16;25-17-7-11-20(12-8-17)30-15-19(14-23-28-21-3-1-2-4-22(21)29-23)27-24(30)13-16-5-9-18(26)10-6-16/h1-12,15H,13-14,27H2,(H,29,31);1-12,15H,13-14H2,(H,28,29). The van der Waals surface area contributed by atoms with Crippen LogP contribution in [-0.4, -0.2) is 35.0 Å². The van der Waals surface area contributed by atoms with Crippen LogP contribution in [-0.2, 0) is 30.5 Å². The van der Waals surface area contributed by atoms with Crippen LogP contribution < -0.4 is 11.1 Å². The van der Waals surface area contributed by atoms with Crippen molar-refractivity contribution in [1.29, 1.82) is 0 Å². The Hall–Kier alpha value is -7.08. The Morgan fingerprint density at radius 1 is 0.607 bits per heavy atom. The second-order valence-electron chi connectivity index (χ2n) is 14.3. The van der Waals surface area contributed by atoms with E-state index in [1.807, 2.05) is 83.7 Å². The molecule has 6 aromatic carbocycles. The summed E-state index contributed by atoms with van der Waals surface area (Å²) in [4.78, 5) is 30.1. The Bertz CT molecular complexity index is 2870. The number of carbonyl (C=O) groups excluding carboxylic acids is 1. The molecule has 0 saturated heterocycles. The molecule has 3 heterocycles. The third-order valence-electron chi connectivity index (χ3n) is 9.78. The lowest BCUT2D eigenvalue weighted by molar-refractivity contribution is -0.115. The fourth-order valence-electron chi connectivity index (χ4n) is 6.81. The number of amides is 1. The summed E-state index contributed by atoms with van der Waals surface area (Å²) in [6, 6.07) is 42.9. The van der Waals surface area contributed by atoms with E-state index in [-0.39, 0.29) is 24.0 Å². The normalized spacial score (nSPS) is 11.0. The average Bonchev–Trinajstić information content (AvgIpc) is 3.97. The average molecular weight is 852 g/mol. The smallest absolute Gasteiger partial charge is 0.230 e. The van der Waals surface area contributed by atoms with Gasteiger partial charge in [-0.05, 0) is 108 Å². The van der Waals surface area contributed by atoms with Crippen LogP contribution in [0.15, 0.2) is 158 Å². The van der Waals surface area contributed by atoms with Crippen LogP contribution in [0.2, 0.25) is 10.0 Å². The largest absolute Gasteiger partial charge is 0.397 e. The van der Waals surface area contributed by atoms with Crippen molar-refractivity contribution < 1.29 is 13.6 Å². The monoisotopic (exact) mass is 850 g/mol. The second kappa shape index (κ2) is 18.5. The van der Waals surface area contributed by atoms with E-state index in [4.69, 9.17) is 33.9 Å². The number of fused-ring (bicyclic) bond motifs is 1. The molecular formula is C48H38Cl2F2N8O. The summed E-state index contributed by atoms with van der Waals surface area (Å²) >= 11 is 12.1. The molecule has 9 aromatic rings. The van der Waals surface area contributed by atoms with Crippen LogP contribution in [0.1, 0.15) is 40.0 Å². The van der Waals surface area contributed by atoms with Crippen LogP contribution in [0.3, 0.4) is 0 Å². The molecule has 0 atom stereocenters. The van der Waals surface area contributed by atoms with E-state index >= 15 is 0 Å². The SMILES string of the molecule is Fc1ccc(Cc2nc(Cc3nc4ccccc4[nH]3)cn2-c2ccc(Cl)cc2)cc1.Nc1ccccc1NC(=O)Cc1cn(-c2ccc(Cl)cc2)c(Cc2ccc(F)cc2)n1. The molecule has 0 aliphatic heterocycles. The van der Waals surface area contributed by atoms with E-state index in [0.717, 1.165) is 56.7 Å². The summed E-state index contributed by atoms with van der Waals surface area (Å²) in [6.07, 6.45) is 5.60. The van der Waals surface area contributed by atoms with Crippen molar-refractivity contribution >= 4 is 51.5 Å². The number of anilines is 2. The zero-order valence-electron chi connectivity index (χ0n) is 32.6. The van der Waals surface area contributed by atoms with Crippen LogP contribution in [0.25, 0.3) is 22.4 Å². The zero-order chi connectivity index (χ0) is 42.3. The highest BCUT2D eigenvalue weighted by Gasteiger charge is 2.16. The van der Waals surface area contributed by atoms with Crippen molar-refractivity contribution in [2.45, 2.75) is 25.7 Å². The number of aromatic nitrogens is 6. The molecule has 0 radical (unpaired) electrons. The lowest BCUT2D eigenvalue weighted by Gasteiger charge is -2.08. The molecule has 304 valence electrons. The first-order chi connectivity index (χ1) is 29.6. The van der Waals surface area contributed by atoms with Gasteiger partial charge in [0.2, 0.25) is 5.91 Å². The van der Waals surface area contributed by atoms with Crippen molar-refractivity contribution in [2.75, 3.05) is 11.1 Å². The summed E-state index contributed by atoms with van der Waals surface area (Å²) in [5, 5.41) is 4.13. The molecule has 3 aromatic heterocycles. The van der Waals surface area contributed by atoms with Crippen LogP contribution in [0, 0.1) is 11.6 Å². The maximum absolute atomic E-state index is 13.3. The van der Waals surface area contributed by atoms with Gasteiger partial charge in [-0.2, -0.15) is 0 Å². The minimum atomic E-state index is -0.290. The van der Waals surface area contributed by atoms with E-state index in [1.165, 1.54) is 24.3 Å². The number of hydrogen-bond acceptors (Lipinski definition) is 5. The first-order valence-electron chi connectivity index (χ1n) is 19.3. The number of aromatic amines is 1. The molecule has 0 fully saturated rings. The fraction of sp³-hybridized carbons (Fsp3) is 0.0833. The molecule has 4 N–H and O–H groups in total. The van der Waals surface area contributed by atoms with E-state index in [9.17, 15) is 13.6 Å². The van der Waals surface area contributed by atoms with Gasteiger partial charge in [0.15, 0.2) is 0 Å². The maximum Gasteiger partial charge on any atom is 0.230 e. The number of nitrogens with two attached hydrogens (primary N) is 1. The van der Waals surface area contributed by atoms with Gasteiger partial charge in [0.1, 0.15) is 29.1 Å². The first-order valence-corrected chi connectivity index (χ1v) is 20.1. The molecule has 0 spiro atoms. The Morgan fingerprint density at radius 3 is 1.67 bits per heavy atom. The zero-order valence-corrected chi connectivity index (χ0v) is 34.1. The van der Waals surface area contributed by atoms with Gasteiger partial charge < -0.3 is 25.2 Å². The topological polar surface area (TPSA) is 119 Å². The Balaban J connectivity index is 0.000000168. The molecule has 0 aliphatic rings. The third kappa shape index (κ3) is 10.4. The number of para-hydroxylation sites is 4. The van der Waals surface area contributed by atoms with Gasteiger partial charge in [0.25, 0.3) is 0 Å². The number of carbonyl (C=O) groups is 1. The van der Waals surface area contributed by atoms with Gasteiger partial charge in [-0.3, -0.25) is 4.79 Å². The molecule has 0 aliphatic carbocycles. The quantitative estimate of drug-likeness (QED) is 0.112. The molecule has 0 unspecified atom stereocenters. The molecule has 61 heavy (non-hydrogen) atoms. The van der Waals surface area contributed by atoms with Crippen LogP contribution >= 0.6 is 23.2 Å². The van der Waals surface area contributed by atoms with E-state index in [0.29, 0.717) is 46.4 Å². The predicted octanol–water partition coefficient (Wildman–Crippen LogP) is 10.7. The molecule has 9 nitrogen and oxygen atoms in total. The van der Waals surface area contributed by atoms with Crippen molar-refractivity contribution in [3.8, 4) is 11.4 Å². The number of nitrogens with one attached hydrogen (secondary N) is 2. The minimum Gasteiger partial charge on any atom is -0.397 e. The number of halogens is 4. The predicted molar refractivity (Wildman–Crippen MR) is 238 cm³/mol. The number of nitrogens with zero attached hydrogens (tertiary/aromatic N) is 5. The molecule has 0 saturated carbocycles. The minimum absolute atomic E-state index is 0.0886. The van der Waals surface area contributed by atoms with Crippen molar-refractivity contribution in [3.05, 3.63) is 220 Å². The Morgan fingerprint density at radius 2 is 1.11 bits per heavy atom. The van der Waals surface area contributed by atoms with Crippen LogP contribution in [0.5, 0.6) is 0 Å². The third-order valence-corrected chi connectivity index (χ3v) is 10.3. The van der Waals surface area contributed by atoms with Crippen molar-refractivity contribution in [3.63, 3.8) is 0 Å². The lowest BCUT2D eigenvalue weighted by atomic mass is 10.1. The van der Waals surface area contributed by atoms with Crippen molar-refractivity contribution in [1.82, 2.24) is 29.1 Å². The van der Waals surface area contributed by atoms with Gasteiger partial charge in [-0.25, -0.2) is 23.7 Å². The summed E-state index contributed by atoms with van der Waals surface area (Å²) in [7, 11) is 0. The van der Waals surface area contributed by atoms with Gasteiger partial charge in [0, 0.05) is 53.1 Å². The van der Waals surface area contributed by atoms with E-state index in [2.05, 4.69) is 24.8 Å². The summed E-state index contributed by atoms with van der Waals surface area (Å²) < 4.78 is 30.5. The highest BCUT2D eigenvalue weighted by molar-refractivity contribution is 6.30. The highest BCUT2D eigenvalue weighted by Crippen LogP contribution is 2.23. The molecule has 9 rings (SSSR count). The molecule has 13 heteroatoms. The Labute approximate surface area is 360 Å². The number of imidazole rings is 3. The van der Waals surface area contributed by atoms with E-state index < -0.39 is 0 Å². The number of benzene rings is 6. The maximum atomic E-state index is 13.3. The molecule has 1 amide bonds. The fourth-order valence-corrected chi connectivity index (χ4v) is 7.07. The molecular weight excluding hydrogens is 813 g/mol. The van der Waals surface area contributed by atoms with Gasteiger partial charge in [-0.1, -0.05) is 71.7 Å².